The molecule has 0 bridgehead atoms. The Morgan fingerprint density at radius 2 is 1.70 bits per heavy atom. The predicted molar refractivity (Wildman–Crippen MR) is 131 cm³/mol. The van der Waals surface area contributed by atoms with Crippen molar-refractivity contribution in [3.63, 3.8) is 0 Å². The molecule has 5 heteroatoms. The lowest BCUT2D eigenvalue weighted by atomic mass is 9.91. The van der Waals surface area contributed by atoms with E-state index >= 15 is 0 Å². The molecular weight excluding hydrogens is 412 g/mol. The molecule has 1 aliphatic rings. The van der Waals surface area contributed by atoms with Gasteiger partial charge in [0.05, 0.1) is 20.3 Å². The molecule has 5 nitrogen and oxygen atoms in total. The highest BCUT2D eigenvalue weighted by Gasteiger charge is 2.30. The maximum atomic E-state index is 12.9. The molecule has 0 fully saturated rings. The van der Waals surface area contributed by atoms with Crippen LogP contribution in [-0.4, -0.2) is 38.1 Å². The number of fused-ring (bicyclic) bond motifs is 1. The van der Waals surface area contributed by atoms with Gasteiger partial charge in [0.1, 0.15) is 0 Å². The van der Waals surface area contributed by atoms with Crippen molar-refractivity contribution >= 4 is 5.91 Å². The Morgan fingerprint density at radius 1 is 1.00 bits per heavy atom. The van der Waals surface area contributed by atoms with E-state index in [9.17, 15) is 4.79 Å². The minimum atomic E-state index is -0.0570. The number of benzene rings is 3. The van der Waals surface area contributed by atoms with Crippen molar-refractivity contribution in [3.05, 3.63) is 94.0 Å². The van der Waals surface area contributed by atoms with Crippen molar-refractivity contribution in [1.29, 1.82) is 0 Å². The number of nitrogens with zero attached hydrogens (tertiary/aromatic N) is 1. The summed E-state index contributed by atoms with van der Waals surface area (Å²) < 4.78 is 11.1. The van der Waals surface area contributed by atoms with Crippen molar-refractivity contribution in [2.24, 2.45) is 0 Å². The topological polar surface area (TPSA) is 50.8 Å². The molecule has 1 atom stereocenters. The summed E-state index contributed by atoms with van der Waals surface area (Å²) in [7, 11) is 3.32. The molecule has 3 aromatic carbocycles. The number of aryl methyl sites for hydroxylation is 2. The van der Waals surface area contributed by atoms with Gasteiger partial charge in [0.25, 0.3) is 5.91 Å². The third kappa shape index (κ3) is 5.04. The maximum absolute atomic E-state index is 12.9. The average Bonchev–Trinajstić information content (AvgIpc) is 2.84. The van der Waals surface area contributed by atoms with Crippen LogP contribution >= 0.6 is 0 Å². The summed E-state index contributed by atoms with van der Waals surface area (Å²) >= 11 is 0. The fraction of sp³-hybridized carbons (Fsp3) is 0.321. The first-order chi connectivity index (χ1) is 16.0. The van der Waals surface area contributed by atoms with Gasteiger partial charge in [-0.1, -0.05) is 42.0 Å². The molecule has 0 spiro atoms. The lowest BCUT2D eigenvalue weighted by Gasteiger charge is -2.38. The summed E-state index contributed by atoms with van der Waals surface area (Å²) in [6.07, 6.45) is 0.921. The van der Waals surface area contributed by atoms with Crippen LogP contribution in [-0.2, 0) is 13.0 Å². The first kappa shape index (κ1) is 22.9. The van der Waals surface area contributed by atoms with E-state index in [0.717, 1.165) is 30.8 Å². The van der Waals surface area contributed by atoms with Crippen molar-refractivity contribution in [3.8, 4) is 11.5 Å². The number of hydrogen-bond acceptors (Lipinski definition) is 4. The molecule has 0 radical (unpaired) electrons. The summed E-state index contributed by atoms with van der Waals surface area (Å²) in [4.78, 5) is 15.3. The zero-order valence-corrected chi connectivity index (χ0v) is 19.9. The Balaban J connectivity index is 1.63. The molecular formula is C28H32N2O3. The van der Waals surface area contributed by atoms with Crippen LogP contribution in [0, 0.1) is 13.8 Å². The standard InChI is InChI=1S/C28H32N2O3/c1-19-9-11-21(12-10-19)28(31)29-17-25-24-16-27(33-4)26(32-3)15-22(24)13-14-30(25)18-23-8-6-5-7-20(23)2/h5-12,15-16,25H,13-14,17-18H2,1-4H3,(H,29,31)/t25-/m0/s1. The van der Waals surface area contributed by atoms with Gasteiger partial charge >= 0.3 is 0 Å². The molecule has 33 heavy (non-hydrogen) atoms. The van der Waals surface area contributed by atoms with E-state index in [-0.39, 0.29) is 11.9 Å². The van der Waals surface area contributed by atoms with Crippen LogP contribution in [0.4, 0.5) is 0 Å². The minimum Gasteiger partial charge on any atom is -0.493 e. The number of ether oxygens (including phenoxy) is 2. The summed E-state index contributed by atoms with van der Waals surface area (Å²) in [6.45, 7) is 6.41. The highest BCUT2D eigenvalue weighted by atomic mass is 16.5. The molecule has 0 aromatic heterocycles. The second kappa shape index (κ2) is 10.1. The van der Waals surface area contributed by atoms with Gasteiger partial charge < -0.3 is 14.8 Å². The van der Waals surface area contributed by atoms with Crippen LogP contribution in [0.3, 0.4) is 0 Å². The first-order valence-electron chi connectivity index (χ1n) is 11.4. The summed E-state index contributed by atoms with van der Waals surface area (Å²) in [5, 5.41) is 3.17. The van der Waals surface area contributed by atoms with Gasteiger partial charge in [-0.15, -0.1) is 0 Å². The van der Waals surface area contributed by atoms with Crippen molar-refractivity contribution < 1.29 is 14.3 Å². The smallest absolute Gasteiger partial charge is 0.251 e. The molecule has 0 unspecified atom stereocenters. The predicted octanol–water partition coefficient (Wildman–Crippen LogP) is 4.85. The quantitative estimate of drug-likeness (QED) is 0.566. The molecule has 1 amide bonds. The summed E-state index contributed by atoms with van der Waals surface area (Å²) in [6, 6.07) is 20.3. The number of methoxy groups -OCH3 is 2. The van der Waals surface area contributed by atoms with Gasteiger partial charge in [-0.05, 0) is 66.8 Å². The van der Waals surface area contributed by atoms with E-state index in [4.69, 9.17) is 9.47 Å². The summed E-state index contributed by atoms with van der Waals surface area (Å²) in [5.41, 5.74) is 6.81. The van der Waals surface area contributed by atoms with Crippen LogP contribution in [0.2, 0.25) is 0 Å². The molecule has 0 saturated carbocycles. The number of amides is 1. The third-order valence-electron chi connectivity index (χ3n) is 6.52. The summed E-state index contributed by atoms with van der Waals surface area (Å²) in [5.74, 6) is 1.40. The molecule has 1 heterocycles. The Bertz CT molecular complexity index is 1120. The second-order valence-electron chi connectivity index (χ2n) is 8.64. The van der Waals surface area contributed by atoms with Crippen LogP contribution in [0.25, 0.3) is 0 Å². The number of carbonyl (C=O) groups is 1. The fourth-order valence-electron chi connectivity index (χ4n) is 4.51. The van der Waals surface area contributed by atoms with Gasteiger partial charge in [0, 0.05) is 25.2 Å². The highest BCUT2D eigenvalue weighted by molar-refractivity contribution is 5.94. The maximum Gasteiger partial charge on any atom is 0.251 e. The van der Waals surface area contributed by atoms with Gasteiger partial charge in [0.15, 0.2) is 11.5 Å². The Labute approximate surface area is 196 Å². The monoisotopic (exact) mass is 444 g/mol. The van der Waals surface area contributed by atoms with E-state index in [1.54, 1.807) is 14.2 Å². The molecule has 0 saturated heterocycles. The van der Waals surface area contributed by atoms with Crippen molar-refractivity contribution in [2.75, 3.05) is 27.3 Å². The molecule has 3 aromatic rings. The van der Waals surface area contributed by atoms with Crippen LogP contribution in [0.1, 0.15) is 44.2 Å². The zero-order chi connectivity index (χ0) is 23.4. The molecule has 4 rings (SSSR count). The Kier molecular flexibility index (Phi) is 6.99. The largest absolute Gasteiger partial charge is 0.493 e. The van der Waals surface area contributed by atoms with E-state index < -0.39 is 0 Å². The lowest BCUT2D eigenvalue weighted by molar-refractivity contribution is 0.0925. The van der Waals surface area contributed by atoms with Gasteiger partial charge in [0.2, 0.25) is 0 Å². The van der Waals surface area contributed by atoms with Crippen molar-refractivity contribution in [1.82, 2.24) is 10.2 Å². The second-order valence-corrected chi connectivity index (χ2v) is 8.64. The average molecular weight is 445 g/mol. The van der Waals surface area contributed by atoms with Crippen LogP contribution in [0.5, 0.6) is 11.5 Å². The van der Waals surface area contributed by atoms with Crippen LogP contribution < -0.4 is 14.8 Å². The van der Waals surface area contributed by atoms with E-state index in [0.29, 0.717) is 17.9 Å². The van der Waals surface area contributed by atoms with Gasteiger partial charge in [-0.2, -0.15) is 0 Å². The highest BCUT2D eigenvalue weighted by Crippen LogP contribution is 2.38. The third-order valence-corrected chi connectivity index (χ3v) is 6.52. The zero-order valence-electron chi connectivity index (χ0n) is 19.9. The number of carbonyl (C=O) groups excluding carboxylic acids is 1. The number of nitrogens with one attached hydrogen (secondary N) is 1. The Hall–Kier alpha value is -3.31. The lowest BCUT2D eigenvalue weighted by Crippen LogP contribution is -2.42. The van der Waals surface area contributed by atoms with Gasteiger partial charge in [-0.25, -0.2) is 0 Å². The molecule has 1 N–H and O–H groups in total. The molecule has 0 aliphatic carbocycles. The first-order valence-corrected chi connectivity index (χ1v) is 11.4. The number of rotatable bonds is 7. The van der Waals surface area contributed by atoms with Crippen molar-refractivity contribution in [2.45, 2.75) is 32.9 Å². The molecule has 172 valence electrons. The van der Waals surface area contributed by atoms with Crippen LogP contribution in [0.15, 0.2) is 60.7 Å². The minimum absolute atomic E-state index is 0.0301. The molecule has 1 aliphatic heterocycles. The normalized spacial score (nSPS) is 15.6. The Morgan fingerprint density at radius 3 is 2.39 bits per heavy atom. The van der Waals surface area contributed by atoms with E-state index in [1.165, 1.54) is 22.3 Å². The van der Waals surface area contributed by atoms with E-state index in [2.05, 4.69) is 53.5 Å². The fourth-order valence-corrected chi connectivity index (χ4v) is 4.51. The van der Waals surface area contributed by atoms with Gasteiger partial charge in [-0.3, -0.25) is 9.69 Å². The SMILES string of the molecule is COc1cc2c(cc1OC)[C@H](CNC(=O)c1ccc(C)cc1)N(Cc1ccccc1C)CC2. The van der Waals surface area contributed by atoms with E-state index in [1.807, 2.05) is 31.2 Å². The number of hydrogen-bond donors (Lipinski definition) is 1.